The third-order valence-electron chi connectivity index (χ3n) is 4.45. The minimum absolute atomic E-state index is 0.514. The molecule has 0 aliphatic carbocycles. The van der Waals surface area contributed by atoms with Crippen molar-refractivity contribution in [2.45, 2.75) is 39.2 Å². The number of nitrogens with two attached hydrogens (primary N) is 1. The first kappa shape index (κ1) is 20.5. The van der Waals surface area contributed by atoms with Gasteiger partial charge in [-0.2, -0.15) is 0 Å². The van der Waals surface area contributed by atoms with Gasteiger partial charge in [-0.15, -0.1) is 0 Å². The molecule has 1 fully saturated rings. The number of hydrogen-bond donors (Lipinski definition) is 2. The Labute approximate surface area is 157 Å². The van der Waals surface area contributed by atoms with Crippen molar-refractivity contribution in [3.05, 3.63) is 29.8 Å². The van der Waals surface area contributed by atoms with Crippen molar-refractivity contribution in [1.29, 1.82) is 0 Å². The molecule has 0 aromatic heterocycles. The van der Waals surface area contributed by atoms with E-state index in [1.807, 2.05) is 24.3 Å². The van der Waals surface area contributed by atoms with Crippen molar-refractivity contribution in [3.8, 4) is 5.75 Å². The summed E-state index contributed by atoms with van der Waals surface area (Å²) in [4.78, 5) is 6.78. The second kappa shape index (κ2) is 12.5. The number of unbranched alkanes of at least 4 members (excludes halogenated alkanes) is 3. The summed E-state index contributed by atoms with van der Waals surface area (Å²) < 4.78 is 11.2. The summed E-state index contributed by atoms with van der Waals surface area (Å²) in [6, 6.07) is 8.08. The molecular formula is C20H34N4O2. The highest BCUT2D eigenvalue weighted by atomic mass is 16.5. The van der Waals surface area contributed by atoms with Crippen LogP contribution in [0.4, 0.5) is 0 Å². The van der Waals surface area contributed by atoms with Crippen LogP contribution in [0.3, 0.4) is 0 Å². The van der Waals surface area contributed by atoms with E-state index in [1.54, 1.807) is 0 Å². The topological polar surface area (TPSA) is 72.1 Å². The first-order chi connectivity index (χ1) is 12.8. The first-order valence-corrected chi connectivity index (χ1v) is 9.83. The number of nitrogens with one attached hydrogen (secondary N) is 1. The zero-order valence-electron chi connectivity index (χ0n) is 16.1. The quantitative estimate of drug-likeness (QED) is 0.359. The number of hydrogen-bond acceptors (Lipinski definition) is 4. The van der Waals surface area contributed by atoms with Crippen LogP contribution in [0.2, 0.25) is 0 Å². The second-order valence-corrected chi connectivity index (χ2v) is 6.64. The predicted molar refractivity (Wildman–Crippen MR) is 107 cm³/mol. The minimum Gasteiger partial charge on any atom is -0.492 e. The molecule has 1 aromatic rings. The summed E-state index contributed by atoms with van der Waals surface area (Å²) in [5.41, 5.74) is 7.03. The highest BCUT2D eigenvalue weighted by Crippen LogP contribution is 2.14. The Bertz CT molecular complexity index is 530. The molecule has 0 spiro atoms. The number of aliphatic imine (C=N–C) groups is 1. The lowest BCUT2D eigenvalue weighted by Gasteiger charge is -2.26. The van der Waals surface area contributed by atoms with Crippen LogP contribution in [-0.4, -0.2) is 56.9 Å². The average molecular weight is 363 g/mol. The third-order valence-corrected chi connectivity index (χ3v) is 4.45. The van der Waals surface area contributed by atoms with E-state index in [-0.39, 0.29) is 0 Å². The lowest BCUT2D eigenvalue weighted by Crippen LogP contribution is -2.38. The molecule has 0 bridgehead atoms. The van der Waals surface area contributed by atoms with Gasteiger partial charge in [0, 0.05) is 26.2 Å². The summed E-state index contributed by atoms with van der Waals surface area (Å²) in [6.45, 7) is 8.90. The van der Waals surface area contributed by atoms with Crippen molar-refractivity contribution in [2.24, 2.45) is 10.7 Å². The van der Waals surface area contributed by atoms with Crippen LogP contribution in [0.1, 0.15) is 38.2 Å². The van der Waals surface area contributed by atoms with Gasteiger partial charge < -0.3 is 20.5 Å². The fourth-order valence-electron chi connectivity index (χ4n) is 2.85. The van der Waals surface area contributed by atoms with E-state index in [0.29, 0.717) is 19.1 Å². The Morgan fingerprint density at radius 1 is 1.27 bits per heavy atom. The fourth-order valence-corrected chi connectivity index (χ4v) is 2.85. The van der Waals surface area contributed by atoms with Gasteiger partial charge in [-0.3, -0.25) is 4.90 Å². The van der Waals surface area contributed by atoms with Crippen molar-refractivity contribution >= 4 is 5.96 Å². The van der Waals surface area contributed by atoms with Crippen LogP contribution in [0.15, 0.2) is 29.3 Å². The number of guanidine groups is 1. The van der Waals surface area contributed by atoms with Crippen LogP contribution >= 0.6 is 0 Å². The monoisotopic (exact) mass is 362 g/mol. The normalized spacial score (nSPS) is 15.8. The van der Waals surface area contributed by atoms with Crippen LogP contribution in [0, 0.1) is 0 Å². The first-order valence-electron chi connectivity index (χ1n) is 9.83. The highest BCUT2D eigenvalue weighted by molar-refractivity contribution is 5.77. The number of benzene rings is 1. The average Bonchev–Trinajstić information content (AvgIpc) is 2.67. The summed E-state index contributed by atoms with van der Waals surface area (Å²) in [6.07, 6.45) is 4.89. The number of morpholine rings is 1. The van der Waals surface area contributed by atoms with Crippen molar-refractivity contribution in [1.82, 2.24) is 10.2 Å². The molecule has 0 unspecified atom stereocenters. The van der Waals surface area contributed by atoms with Gasteiger partial charge in [0.25, 0.3) is 0 Å². The summed E-state index contributed by atoms with van der Waals surface area (Å²) in [5.74, 6) is 1.40. The Balaban J connectivity index is 1.67. The Morgan fingerprint density at radius 3 is 2.92 bits per heavy atom. The van der Waals surface area contributed by atoms with E-state index in [0.717, 1.165) is 57.1 Å². The Morgan fingerprint density at radius 2 is 2.12 bits per heavy atom. The van der Waals surface area contributed by atoms with Gasteiger partial charge in [-0.05, 0) is 24.1 Å². The van der Waals surface area contributed by atoms with Gasteiger partial charge in [0.15, 0.2) is 5.96 Å². The smallest absolute Gasteiger partial charge is 0.188 e. The van der Waals surface area contributed by atoms with Crippen LogP contribution < -0.4 is 15.8 Å². The van der Waals surface area contributed by atoms with Gasteiger partial charge in [0.1, 0.15) is 12.4 Å². The molecule has 1 heterocycles. The summed E-state index contributed by atoms with van der Waals surface area (Å²) in [7, 11) is 0. The SMILES string of the molecule is CCCCCCNC(N)=NCc1cccc(OCCN2CCOCC2)c1. The molecule has 3 N–H and O–H groups in total. The van der Waals surface area contributed by atoms with Gasteiger partial charge in [0.2, 0.25) is 0 Å². The maximum Gasteiger partial charge on any atom is 0.188 e. The highest BCUT2D eigenvalue weighted by Gasteiger charge is 2.09. The Kier molecular flexibility index (Phi) is 9.90. The van der Waals surface area contributed by atoms with Crippen molar-refractivity contribution in [3.63, 3.8) is 0 Å². The van der Waals surface area contributed by atoms with Gasteiger partial charge in [-0.1, -0.05) is 38.3 Å². The molecule has 0 atom stereocenters. The molecule has 0 radical (unpaired) electrons. The van der Waals surface area contributed by atoms with E-state index < -0.39 is 0 Å². The number of nitrogens with zero attached hydrogens (tertiary/aromatic N) is 2. The van der Waals surface area contributed by atoms with E-state index in [9.17, 15) is 0 Å². The van der Waals surface area contributed by atoms with E-state index in [4.69, 9.17) is 15.2 Å². The van der Waals surface area contributed by atoms with Crippen LogP contribution in [0.5, 0.6) is 5.75 Å². The van der Waals surface area contributed by atoms with Gasteiger partial charge >= 0.3 is 0 Å². The molecule has 0 saturated carbocycles. The van der Waals surface area contributed by atoms with Crippen molar-refractivity contribution in [2.75, 3.05) is 46.0 Å². The minimum atomic E-state index is 0.514. The molecule has 6 nitrogen and oxygen atoms in total. The summed E-state index contributed by atoms with van der Waals surface area (Å²) in [5, 5.41) is 3.18. The molecular weight excluding hydrogens is 328 g/mol. The second-order valence-electron chi connectivity index (χ2n) is 6.64. The number of ether oxygens (including phenoxy) is 2. The predicted octanol–water partition coefficient (Wildman–Crippen LogP) is 2.38. The van der Waals surface area contributed by atoms with Crippen LogP contribution in [-0.2, 0) is 11.3 Å². The third kappa shape index (κ3) is 8.54. The standard InChI is InChI=1S/C20H34N4O2/c1-2-3-4-5-9-22-20(21)23-17-18-7-6-8-19(16-18)26-15-12-24-10-13-25-14-11-24/h6-8,16H,2-5,9-15,17H2,1H3,(H3,21,22,23). The molecule has 0 amide bonds. The molecule has 1 aliphatic rings. The zero-order chi connectivity index (χ0) is 18.5. The molecule has 2 rings (SSSR count). The lowest BCUT2D eigenvalue weighted by molar-refractivity contribution is 0.0322. The maximum absolute atomic E-state index is 5.93. The largest absolute Gasteiger partial charge is 0.492 e. The maximum atomic E-state index is 5.93. The molecule has 1 saturated heterocycles. The van der Waals surface area contributed by atoms with E-state index in [1.165, 1.54) is 19.3 Å². The Hall–Kier alpha value is -1.79. The van der Waals surface area contributed by atoms with Gasteiger partial charge in [0.05, 0.1) is 19.8 Å². The van der Waals surface area contributed by atoms with Crippen molar-refractivity contribution < 1.29 is 9.47 Å². The molecule has 1 aliphatic heterocycles. The zero-order valence-corrected chi connectivity index (χ0v) is 16.1. The molecule has 1 aromatic carbocycles. The van der Waals surface area contributed by atoms with Crippen LogP contribution in [0.25, 0.3) is 0 Å². The summed E-state index contributed by atoms with van der Waals surface area (Å²) >= 11 is 0. The van der Waals surface area contributed by atoms with E-state index >= 15 is 0 Å². The van der Waals surface area contributed by atoms with E-state index in [2.05, 4.69) is 22.1 Å². The molecule has 6 heteroatoms. The lowest BCUT2D eigenvalue weighted by atomic mass is 10.2. The molecule has 26 heavy (non-hydrogen) atoms. The number of rotatable bonds is 11. The molecule has 146 valence electrons. The van der Waals surface area contributed by atoms with Gasteiger partial charge in [-0.25, -0.2) is 4.99 Å². The fraction of sp³-hybridized carbons (Fsp3) is 0.650.